The lowest BCUT2D eigenvalue weighted by atomic mass is 9.70. The molecule has 1 atom stereocenters. The predicted molar refractivity (Wildman–Crippen MR) is 102 cm³/mol. The van der Waals surface area contributed by atoms with E-state index in [0.29, 0.717) is 22.1 Å². The van der Waals surface area contributed by atoms with Crippen molar-refractivity contribution < 1.29 is 14.8 Å². The fraction of sp³-hybridized carbons (Fsp3) is 0.333. The number of fused-ring (bicyclic) bond motifs is 1. The number of nitrogens with one attached hydrogen (secondary N) is 1. The summed E-state index contributed by atoms with van der Waals surface area (Å²) < 4.78 is 0. The van der Waals surface area contributed by atoms with Crippen LogP contribution in [0.5, 0.6) is 0 Å². The van der Waals surface area contributed by atoms with E-state index in [1.807, 2.05) is 12.1 Å². The highest BCUT2D eigenvalue weighted by Gasteiger charge is 2.44. The van der Waals surface area contributed by atoms with Crippen molar-refractivity contribution in [2.45, 2.75) is 32.2 Å². The average molecular weight is 385 g/mol. The molecule has 2 N–H and O–H groups in total. The fourth-order valence-corrected chi connectivity index (χ4v) is 4.36. The van der Waals surface area contributed by atoms with Crippen LogP contribution in [0, 0.1) is 5.41 Å². The van der Waals surface area contributed by atoms with Crippen LogP contribution in [-0.2, 0) is 24.2 Å². The zero-order valence-corrected chi connectivity index (χ0v) is 15.6. The number of halogens is 1. The Balaban J connectivity index is 1.50. The number of carbonyl (C=O) groups excluding carboxylic acids is 2. The number of hydrogen-bond acceptors (Lipinski definition) is 3. The normalized spacial score (nSPS) is 21.0. The number of rotatable bonds is 3. The van der Waals surface area contributed by atoms with Gasteiger partial charge in [-0.2, -0.15) is 0 Å². The second-order valence-electron chi connectivity index (χ2n) is 7.44. The molecule has 2 aromatic rings. The summed E-state index contributed by atoms with van der Waals surface area (Å²) in [4.78, 5) is 24.8. The van der Waals surface area contributed by atoms with Gasteiger partial charge in [0, 0.05) is 17.1 Å². The van der Waals surface area contributed by atoms with Crippen molar-refractivity contribution in [1.29, 1.82) is 0 Å². The third kappa shape index (κ3) is 3.45. The Morgan fingerprint density at radius 3 is 2.78 bits per heavy atom. The van der Waals surface area contributed by atoms with E-state index >= 15 is 0 Å². The highest BCUT2D eigenvalue weighted by atomic mass is 35.5. The zero-order valence-electron chi connectivity index (χ0n) is 14.9. The molecule has 140 valence electrons. The molecule has 2 amide bonds. The maximum atomic E-state index is 12.6. The summed E-state index contributed by atoms with van der Waals surface area (Å²) >= 11 is 5.95. The quantitative estimate of drug-likeness (QED) is 0.629. The molecule has 2 aromatic carbocycles. The summed E-state index contributed by atoms with van der Waals surface area (Å²) in [5, 5.41) is 14.4. The molecule has 1 heterocycles. The minimum Gasteiger partial charge on any atom is -0.356 e. The van der Waals surface area contributed by atoms with Crippen molar-refractivity contribution in [3.8, 4) is 0 Å². The van der Waals surface area contributed by atoms with E-state index in [2.05, 4.69) is 5.32 Å². The lowest BCUT2D eigenvalue weighted by molar-refractivity contribution is -0.128. The summed E-state index contributed by atoms with van der Waals surface area (Å²) in [6.07, 6.45) is 3.16. The first-order chi connectivity index (χ1) is 13.0. The molecule has 0 saturated carbocycles. The molecule has 0 bridgehead atoms. The molecule has 1 aliphatic carbocycles. The molecule has 4 rings (SSSR count). The van der Waals surface area contributed by atoms with E-state index < -0.39 is 5.91 Å². The van der Waals surface area contributed by atoms with Crippen LogP contribution in [0.4, 0.5) is 0 Å². The Morgan fingerprint density at radius 2 is 2.04 bits per heavy atom. The van der Waals surface area contributed by atoms with Crippen LogP contribution in [-0.4, -0.2) is 28.6 Å². The topological polar surface area (TPSA) is 69.6 Å². The van der Waals surface area contributed by atoms with Gasteiger partial charge in [-0.3, -0.25) is 14.8 Å². The van der Waals surface area contributed by atoms with Crippen LogP contribution in [0.2, 0.25) is 5.02 Å². The molecule has 2 aliphatic rings. The highest BCUT2D eigenvalue weighted by Crippen LogP contribution is 2.41. The van der Waals surface area contributed by atoms with Crippen molar-refractivity contribution in [2.75, 3.05) is 6.54 Å². The van der Waals surface area contributed by atoms with Gasteiger partial charge in [0.2, 0.25) is 5.91 Å². The predicted octanol–water partition coefficient (Wildman–Crippen LogP) is 3.37. The first kappa shape index (κ1) is 18.0. The maximum Gasteiger partial charge on any atom is 0.277 e. The molecule has 1 fully saturated rings. The number of amides is 2. The lowest BCUT2D eigenvalue weighted by Gasteiger charge is -2.32. The molecule has 6 heteroatoms. The Bertz CT molecular complexity index is 914. The third-order valence-corrected chi connectivity index (χ3v) is 5.92. The van der Waals surface area contributed by atoms with Gasteiger partial charge in [0.25, 0.3) is 5.91 Å². The van der Waals surface area contributed by atoms with Gasteiger partial charge in [-0.25, -0.2) is 5.06 Å². The van der Waals surface area contributed by atoms with Crippen LogP contribution in [0.15, 0.2) is 42.5 Å². The summed E-state index contributed by atoms with van der Waals surface area (Å²) in [6, 6.07) is 12.5. The summed E-state index contributed by atoms with van der Waals surface area (Å²) in [5.41, 5.74) is 3.13. The Hall–Kier alpha value is -2.37. The van der Waals surface area contributed by atoms with Gasteiger partial charge in [0.1, 0.15) is 0 Å². The van der Waals surface area contributed by atoms with E-state index in [-0.39, 0.29) is 17.9 Å². The number of nitrogens with zero attached hydrogens (tertiary/aromatic N) is 1. The molecule has 0 radical (unpaired) electrons. The van der Waals surface area contributed by atoms with E-state index in [1.165, 1.54) is 0 Å². The second-order valence-corrected chi connectivity index (χ2v) is 7.88. The van der Waals surface area contributed by atoms with E-state index in [4.69, 9.17) is 11.6 Å². The molecule has 5 nitrogen and oxygen atoms in total. The Labute approximate surface area is 162 Å². The number of carbonyl (C=O) groups is 2. The summed E-state index contributed by atoms with van der Waals surface area (Å²) in [7, 11) is 0. The van der Waals surface area contributed by atoms with Gasteiger partial charge in [-0.05, 0) is 66.6 Å². The third-order valence-electron chi connectivity index (χ3n) is 5.68. The fourth-order valence-electron chi connectivity index (χ4n) is 4.14. The van der Waals surface area contributed by atoms with Crippen LogP contribution in [0.25, 0.3) is 0 Å². The summed E-state index contributed by atoms with van der Waals surface area (Å²) in [6.45, 7) is 0.813. The standard InChI is InChI=1S/C21H21ClN2O3/c22-18-3-1-2-14(10-18)13-24(27)19(25)16-4-5-17-12-21(7-6-15(17)11-16)8-9-23-20(21)26/h1-5,10-11,27H,6-9,12-13H2,(H,23,26)/t21-/m0/s1. The second kappa shape index (κ2) is 6.98. The minimum absolute atomic E-state index is 0.0692. The average Bonchev–Trinajstić information content (AvgIpc) is 3.00. The summed E-state index contributed by atoms with van der Waals surface area (Å²) in [5.74, 6) is -0.298. The van der Waals surface area contributed by atoms with Crippen LogP contribution in [0.1, 0.15) is 39.9 Å². The Kier molecular flexibility index (Phi) is 4.66. The van der Waals surface area contributed by atoms with Crippen molar-refractivity contribution in [1.82, 2.24) is 10.4 Å². The van der Waals surface area contributed by atoms with Gasteiger partial charge in [-0.15, -0.1) is 0 Å². The van der Waals surface area contributed by atoms with Crippen molar-refractivity contribution in [3.05, 3.63) is 69.7 Å². The number of hydrogen-bond donors (Lipinski definition) is 2. The van der Waals surface area contributed by atoms with Crippen LogP contribution < -0.4 is 5.32 Å². The van der Waals surface area contributed by atoms with Crippen molar-refractivity contribution >= 4 is 23.4 Å². The molecule has 27 heavy (non-hydrogen) atoms. The minimum atomic E-state index is -0.448. The van der Waals surface area contributed by atoms with E-state index in [0.717, 1.165) is 42.5 Å². The first-order valence-electron chi connectivity index (χ1n) is 9.12. The molecule has 0 unspecified atom stereocenters. The number of aryl methyl sites for hydroxylation is 1. The molecule has 1 spiro atoms. The highest BCUT2D eigenvalue weighted by molar-refractivity contribution is 6.30. The number of benzene rings is 2. The maximum absolute atomic E-state index is 12.6. The smallest absolute Gasteiger partial charge is 0.277 e. The van der Waals surface area contributed by atoms with Gasteiger partial charge in [0.15, 0.2) is 0 Å². The van der Waals surface area contributed by atoms with Crippen molar-refractivity contribution in [3.63, 3.8) is 0 Å². The van der Waals surface area contributed by atoms with E-state index in [1.54, 1.807) is 30.3 Å². The molecular formula is C21H21ClN2O3. The van der Waals surface area contributed by atoms with Gasteiger partial charge in [-0.1, -0.05) is 29.8 Å². The largest absolute Gasteiger partial charge is 0.356 e. The molecule has 1 aliphatic heterocycles. The lowest BCUT2D eigenvalue weighted by Crippen LogP contribution is -2.36. The van der Waals surface area contributed by atoms with Gasteiger partial charge >= 0.3 is 0 Å². The molecular weight excluding hydrogens is 364 g/mol. The SMILES string of the molecule is O=C(c1ccc2c(c1)CC[C@]1(CCNC1=O)C2)N(O)Cc1cccc(Cl)c1. The molecule has 0 aromatic heterocycles. The van der Waals surface area contributed by atoms with E-state index in [9.17, 15) is 14.8 Å². The first-order valence-corrected chi connectivity index (χ1v) is 9.50. The van der Waals surface area contributed by atoms with Gasteiger partial charge < -0.3 is 5.32 Å². The van der Waals surface area contributed by atoms with Crippen LogP contribution >= 0.6 is 11.6 Å². The van der Waals surface area contributed by atoms with Crippen LogP contribution in [0.3, 0.4) is 0 Å². The van der Waals surface area contributed by atoms with Crippen molar-refractivity contribution in [2.24, 2.45) is 5.41 Å². The Morgan fingerprint density at radius 1 is 1.19 bits per heavy atom. The zero-order chi connectivity index (χ0) is 19.0. The molecule has 1 saturated heterocycles. The number of hydroxylamine groups is 2. The van der Waals surface area contributed by atoms with Gasteiger partial charge in [0.05, 0.1) is 12.0 Å². The monoisotopic (exact) mass is 384 g/mol.